The second kappa shape index (κ2) is 7.04. The molecule has 0 aromatic carbocycles. The molecule has 0 aliphatic carbocycles. The van der Waals surface area contributed by atoms with Crippen molar-refractivity contribution in [3.8, 4) is 0 Å². The molecule has 0 rings (SSSR count). The lowest BCUT2D eigenvalue weighted by atomic mass is 10.2. The molecular formula is C11H24N2S. The third kappa shape index (κ3) is 5.43. The van der Waals surface area contributed by atoms with Crippen molar-refractivity contribution in [2.75, 3.05) is 13.1 Å². The van der Waals surface area contributed by atoms with Crippen molar-refractivity contribution < 1.29 is 0 Å². The van der Waals surface area contributed by atoms with Crippen LogP contribution < -0.4 is 5.32 Å². The van der Waals surface area contributed by atoms with Crippen LogP contribution in [0.1, 0.15) is 41.0 Å². The minimum atomic E-state index is 0.488. The smallest absolute Gasteiger partial charge is 0.169 e. The highest BCUT2D eigenvalue weighted by atomic mass is 32.1. The Kier molecular flexibility index (Phi) is 6.89. The van der Waals surface area contributed by atoms with Crippen LogP contribution in [0.15, 0.2) is 0 Å². The van der Waals surface area contributed by atoms with E-state index in [9.17, 15) is 0 Å². The van der Waals surface area contributed by atoms with E-state index >= 15 is 0 Å². The largest absolute Gasteiger partial charge is 0.362 e. The van der Waals surface area contributed by atoms with Crippen LogP contribution in [0.3, 0.4) is 0 Å². The molecule has 0 saturated carbocycles. The number of hydrogen-bond acceptors (Lipinski definition) is 1. The fourth-order valence-corrected chi connectivity index (χ4v) is 1.61. The van der Waals surface area contributed by atoms with E-state index in [1.807, 2.05) is 0 Å². The molecule has 0 saturated heterocycles. The molecule has 0 atom stereocenters. The van der Waals surface area contributed by atoms with Crippen LogP contribution in [0, 0.1) is 5.92 Å². The van der Waals surface area contributed by atoms with Crippen LogP contribution in [0.5, 0.6) is 0 Å². The second-order valence-corrected chi connectivity index (χ2v) is 4.75. The van der Waals surface area contributed by atoms with E-state index in [2.05, 4.69) is 44.8 Å². The lowest BCUT2D eigenvalue weighted by Crippen LogP contribution is -2.45. The molecule has 0 aromatic rings. The van der Waals surface area contributed by atoms with Gasteiger partial charge in [0.1, 0.15) is 0 Å². The summed E-state index contributed by atoms with van der Waals surface area (Å²) in [5, 5.41) is 4.20. The summed E-state index contributed by atoms with van der Waals surface area (Å²) >= 11 is 5.35. The fourth-order valence-electron chi connectivity index (χ4n) is 1.23. The van der Waals surface area contributed by atoms with Gasteiger partial charge in [0.15, 0.2) is 5.11 Å². The molecule has 0 radical (unpaired) electrons. The van der Waals surface area contributed by atoms with Crippen molar-refractivity contribution in [3.05, 3.63) is 0 Å². The summed E-state index contributed by atoms with van der Waals surface area (Å²) in [6.45, 7) is 12.9. The summed E-state index contributed by atoms with van der Waals surface area (Å²) in [7, 11) is 0. The van der Waals surface area contributed by atoms with Crippen LogP contribution in [0.4, 0.5) is 0 Å². The van der Waals surface area contributed by atoms with E-state index in [-0.39, 0.29) is 0 Å². The number of nitrogens with zero attached hydrogens (tertiary/aromatic N) is 1. The fraction of sp³-hybridized carbons (Fsp3) is 0.909. The van der Waals surface area contributed by atoms with Crippen LogP contribution in [-0.2, 0) is 0 Å². The zero-order chi connectivity index (χ0) is 11.1. The van der Waals surface area contributed by atoms with Crippen LogP contribution in [0.25, 0.3) is 0 Å². The Morgan fingerprint density at radius 3 is 2.21 bits per heavy atom. The molecular weight excluding hydrogens is 192 g/mol. The first-order valence-electron chi connectivity index (χ1n) is 5.53. The SMILES string of the molecule is CCCN(C(=S)NCC(C)C)C(C)C. The zero-order valence-corrected chi connectivity index (χ0v) is 10.9. The van der Waals surface area contributed by atoms with Crippen LogP contribution >= 0.6 is 12.2 Å². The Bertz CT molecular complexity index is 167. The molecule has 0 aliphatic heterocycles. The van der Waals surface area contributed by atoms with Crippen LogP contribution in [-0.4, -0.2) is 29.1 Å². The van der Waals surface area contributed by atoms with Gasteiger partial charge < -0.3 is 10.2 Å². The number of hydrogen-bond donors (Lipinski definition) is 1. The Balaban J connectivity index is 4.02. The Hall–Kier alpha value is -0.310. The number of thiocarbonyl (C=S) groups is 1. The molecule has 14 heavy (non-hydrogen) atoms. The molecule has 0 fully saturated rings. The van der Waals surface area contributed by atoms with Gasteiger partial charge in [-0.2, -0.15) is 0 Å². The lowest BCUT2D eigenvalue weighted by Gasteiger charge is -2.29. The van der Waals surface area contributed by atoms with Crippen molar-refractivity contribution >= 4 is 17.3 Å². The van der Waals surface area contributed by atoms with Gasteiger partial charge in [0.05, 0.1) is 0 Å². The van der Waals surface area contributed by atoms with Crippen molar-refractivity contribution in [2.24, 2.45) is 5.92 Å². The van der Waals surface area contributed by atoms with E-state index in [1.54, 1.807) is 0 Å². The van der Waals surface area contributed by atoms with Gasteiger partial charge in [-0.15, -0.1) is 0 Å². The Morgan fingerprint density at radius 1 is 1.29 bits per heavy atom. The predicted molar refractivity (Wildman–Crippen MR) is 67.6 cm³/mol. The summed E-state index contributed by atoms with van der Waals surface area (Å²) in [6, 6.07) is 0.488. The normalized spacial score (nSPS) is 10.8. The highest BCUT2D eigenvalue weighted by Crippen LogP contribution is 2.01. The van der Waals surface area contributed by atoms with Gasteiger partial charge in [-0.05, 0) is 38.4 Å². The number of rotatable bonds is 5. The molecule has 0 amide bonds. The van der Waals surface area contributed by atoms with E-state index in [0.717, 1.165) is 24.6 Å². The van der Waals surface area contributed by atoms with Gasteiger partial charge in [0.2, 0.25) is 0 Å². The summed E-state index contributed by atoms with van der Waals surface area (Å²) < 4.78 is 0. The van der Waals surface area contributed by atoms with Gasteiger partial charge >= 0.3 is 0 Å². The molecule has 0 aromatic heterocycles. The van der Waals surface area contributed by atoms with Gasteiger partial charge in [-0.3, -0.25) is 0 Å². The number of nitrogens with one attached hydrogen (secondary N) is 1. The maximum atomic E-state index is 5.35. The highest BCUT2D eigenvalue weighted by molar-refractivity contribution is 7.80. The van der Waals surface area contributed by atoms with Gasteiger partial charge in [-0.25, -0.2) is 0 Å². The first kappa shape index (κ1) is 13.7. The first-order chi connectivity index (χ1) is 6.49. The topological polar surface area (TPSA) is 15.3 Å². The first-order valence-corrected chi connectivity index (χ1v) is 5.94. The zero-order valence-electron chi connectivity index (χ0n) is 10.1. The average molecular weight is 216 g/mol. The molecule has 84 valence electrons. The van der Waals surface area contributed by atoms with Crippen LogP contribution in [0.2, 0.25) is 0 Å². The third-order valence-corrected chi connectivity index (χ3v) is 2.39. The Labute approximate surface area is 94.1 Å². The average Bonchev–Trinajstić information content (AvgIpc) is 2.09. The van der Waals surface area contributed by atoms with Crippen molar-refractivity contribution in [1.29, 1.82) is 0 Å². The minimum Gasteiger partial charge on any atom is -0.362 e. The molecule has 2 nitrogen and oxygen atoms in total. The van der Waals surface area contributed by atoms with E-state index in [4.69, 9.17) is 12.2 Å². The highest BCUT2D eigenvalue weighted by Gasteiger charge is 2.11. The lowest BCUT2D eigenvalue weighted by molar-refractivity contribution is 0.342. The standard InChI is InChI=1S/C11H24N2S/c1-6-7-13(10(4)5)11(14)12-8-9(2)3/h9-10H,6-8H2,1-5H3,(H,12,14). The summed E-state index contributed by atoms with van der Waals surface area (Å²) in [6.07, 6.45) is 1.14. The van der Waals surface area contributed by atoms with E-state index < -0.39 is 0 Å². The predicted octanol–water partition coefficient (Wildman–Crippen LogP) is 2.64. The van der Waals surface area contributed by atoms with Gasteiger partial charge in [-0.1, -0.05) is 20.8 Å². The molecule has 0 spiro atoms. The molecule has 3 heteroatoms. The van der Waals surface area contributed by atoms with Gasteiger partial charge in [0.25, 0.3) is 0 Å². The molecule has 1 N–H and O–H groups in total. The van der Waals surface area contributed by atoms with E-state index in [0.29, 0.717) is 12.0 Å². The second-order valence-electron chi connectivity index (χ2n) is 4.37. The van der Waals surface area contributed by atoms with Crippen molar-refractivity contribution in [2.45, 2.75) is 47.1 Å². The van der Waals surface area contributed by atoms with Crippen molar-refractivity contribution in [3.63, 3.8) is 0 Å². The minimum absolute atomic E-state index is 0.488. The maximum absolute atomic E-state index is 5.35. The Morgan fingerprint density at radius 2 is 1.86 bits per heavy atom. The van der Waals surface area contributed by atoms with E-state index in [1.165, 1.54) is 0 Å². The maximum Gasteiger partial charge on any atom is 0.169 e. The monoisotopic (exact) mass is 216 g/mol. The molecule has 0 bridgehead atoms. The molecule has 0 aliphatic rings. The van der Waals surface area contributed by atoms with Crippen molar-refractivity contribution in [1.82, 2.24) is 10.2 Å². The van der Waals surface area contributed by atoms with Gasteiger partial charge in [0, 0.05) is 19.1 Å². The molecule has 0 unspecified atom stereocenters. The summed E-state index contributed by atoms with van der Waals surface area (Å²) in [4.78, 5) is 2.25. The summed E-state index contributed by atoms with van der Waals surface area (Å²) in [5.41, 5.74) is 0. The quantitative estimate of drug-likeness (QED) is 0.711. The third-order valence-electron chi connectivity index (χ3n) is 2.01. The molecule has 0 heterocycles. The summed E-state index contributed by atoms with van der Waals surface area (Å²) in [5.74, 6) is 0.642.